The van der Waals surface area contributed by atoms with E-state index in [1.807, 2.05) is 6.92 Å². The molecule has 37 heavy (non-hydrogen) atoms. The van der Waals surface area contributed by atoms with Crippen molar-refractivity contribution in [3.63, 3.8) is 0 Å². The Morgan fingerprint density at radius 3 is 2.49 bits per heavy atom. The molecule has 9 heteroatoms. The van der Waals surface area contributed by atoms with E-state index in [0.717, 1.165) is 25.0 Å². The Balaban J connectivity index is 1.81. The van der Waals surface area contributed by atoms with Gasteiger partial charge in [-0.25, -0.2) is 18.0 Å². The number of ketones is 1. The molecule has 1 N–H and O–H groups in total. The molecular weight excluding hydrogens is 489 g/mol. The normalized spacial score (nSPS) is 44.7. The quantitative estimate of drug-likeness (QED) is 0.392. The molecule has 0 saturated heterocycles. The third kappa shape index (κ3) is 3.51. The number of allylic oxidation sites excluding steroid dienone is 4. The molecule has 3 saturated carbocycles. The highest BCUT2D eigenvalue weighted by atomic mass is 19.2. The minimum absolute atomic E-state index is 0.0932. The largest absolute Gasteiger partial charge is 0.466 e. The van der Waals surface area contributed by atoms with Gasteiger partial charge in [0.25, 0.3) is 0 Å². The van der Waals surface area contributed by atoms with Gasteiger partial charge in [-0.3, -0.25) is 9.59 Å². The highest BCUT2D eigenvalue weighted by Crippen LogP contribution is 2.72. The monoisotopic (exact) mass is 526 g/mol. The second-order valence-corrected chi connectivity index (χ2v) is 11.7. The molecule has 0 aromatic heterocycles. The Kier molecular flexibility index (Phi) is 6.96. The minimum Gasteiger partial charge on any atom is -0.466 e. The lowest BCUT2D eigenvalue weighted by atomic mass is 9.44. The van der Waals surface area contributed by atoms with Gasteiger partial charge < -0.3 is 14.6 Å². The predicted molar refractivity (Wildman–Crippen MR) is 128 cm³/mol. The molecule has 0 aromatic carbocycles. The Labute approximate surface area is 215 Å². The van der Waals surface area contributed by atoms with E-state index in [0.29, 0.717) is 6.42 Å². The third-order valence-corrected chi connectivity index (χ3v) is 9.99. The summed E-state index contributed by atoms with van der Waals surface area (Å²) in [6, 6.07) is 0. The maximum absolute atomic E-state index is 17.3. The number of carbonyl (C=O) groups excluding carboxylic acids is 3. The first-order chi connectivity index (χ1) is 17.3. The van der Waals surface area contributed by atoms with Crippen LogP contribution < -0.4 is 0 Å². The van der Waals surface area contributed by atoms with Crippen LogP contribution in [0.25, 0.3) is 0 Å². The molecule has 9 atom stereocenters. The van der Waals surface area contributed by atoms with E-state index < -0.39 is 87.7 Å². The fourth-order valence-electron chi connectivity index (χ4n) is 8.21. The number of halogens is 3. The van der Waals surface area contributed by atoms with Crippen LogP contribution in [-0.4, -0.2) is 53.5 Å². The van der Waals surface area contributed by atoms with E-state index in [9.17, 15) is 23.9 Å². The van der Waals surface area contributed by atoms with Gasteiger partial charge in [-0.2, -0.15) is 0 Å². The molecule has 0 spiro atoms. The smallest absolute Gasteiger partial charge is 0.351 e. The van der Waals surface area contributed by atoms with Gasteiger partial charge in [0.2, 0.25) is 11.4 Å². The van der Waals surface area contributed by atoms with E-state index >= 15 is 8.78 Å². The zero-order valence-corrected chi connectivity index (χ0v) is 22.1. The number of aliphatic hydroxyl groups is 1. The molecule has 0 heterocycles. The van der Waals surface area contributed by atoms with Crippen molar-refractivity contribution in [3.8, 4) is 0 Å². The molecule has 0 unspecified atom stereocenters. The number of esters is 2. The zero-order valence-electron chi connectivity index (χ0n) is 22.1. The van der Waals surface area contributed by atoms with Gasteiger partial charge in [-0.05, 0) is 44.6 Å². The Bertz CT molecular complexity index is 1060. The van der Waals surface area contributed by atoms with Gasteiger partial charge in [0.05, 0.1) is 13.2 Å². The van der Waals surface area contributed by atoms with E-state index in [-0.39, 0.29) is 19.3 Å². The number of unbranched alkanes of at least 4 members (excludes halogenated alkanes) is 2. The van der Waals surface area contributed by atoms with Crippen molar-refractivity contribution in [2.24, 2.45) is 28.6 Å². The zero-order chi connectivity index (χ0) is 27.6. The Hall–Kier alpha value is -2.16. The van der Waals surface area contributed by atoms with Crippen LogP contribution in [0, 0.1) is 28.6 Å². The van der Waals surface area contributed by atoms with Crippen molar-refractivity contribution in [2.75, 3.05) is 7.11 Å². The standard InChI is InChI=1S/C28H37F3O6/c1-6-7-8-9-21(34)37-28(24(35)36-5)15(2)12-16-17-13-18(29)22-23(30)19(32)10-11-25(22,3)27(17,31)20(33)14-26(16,28)4/h10-11,15-18,20,33H,6-9,12-14H2,1-5H3/t15-,16-,17-,18-,20-,25-,26-,27-,28-/m0/s1. The highest BCUT2D eigenvalue weighted by molar-refractivity contribution is 6.04. The van der Waals surface area contributed by atoms with Crippen molar-refractivity contribution in [2.45, 2.75) is 96.2 Å². The number of fused-ring (bicyclic) bond motifs is 5. The van der Waals surface area contributed by atoms with Crippen LogP contribution >= 0.6 is 0 Å². The molecule has 4 aliphatic carbocycles. The number of hydrogen-bond donors (Lipinski definition) is 1. The maximum atomic E-state index is 17.3. The first-order valence-electron chi connectivity index (χ1n) is 13.2. The van der Waals surface area contributed by atoms with Gasteiger partial charge in [-0.15, -0.1) is 0 Å². The first-order valence-corrected chi connectivity index (χ1v) is 13.2. The SMILES string of the molecule is CCCCCC(=O)O[C@]1(C(=O)OC)[C@@H](C)C[C@H]2[C@@H]3C[C@H](F)C4=C(F)C(=O)C=C[C@]4(C)[C@@]3(F)[C@@H](O)C[C@@]21C. The number of rotatable bonds is 6. The number of aliphatic hydroxyl groups excluding tert-OH is 1. The van der Waals surface area contributed by atoms with E-state index in [1.54, 1.807) is 13.8 Å². The van der Waals surface area contributed by atoms with Crippen molar-refractivity contribution >= 4 is 17.7 Å². The molecule has 3 fully saturated rings. The Morgan fingerprint density at radius 1 is 1.19 bits per heavy atom. The molecule has 0 amide bonds. The summed E-state index contributed by atoms with van der Waals surface area (Å²) in [7, 11) is 1.18. The summed E-state index contributed by atoms with van der Waals surface area (Å²) >= 11 is 0. The molecule has 0 radical (unpaired) electrons. The van der Waals surface area contributed by atoms with Gasteiger partial charge in [0, 0.05) is 34.7 Å². The maximum Gasteiger partial charge on any atom is 0.351 e. The van der Waals surface area contributed by atoms with E-state index in [2.05, 4.69) is 0 Å². The minimum atomic E-state index is -2.51. The predicted octanol–water partition coefficient (Wildman–Crippen LogP) is 4.88. The van der Waals surface area contributed by atoms with Crippen LogP contribution in [0.15, 0.2) is 23.6 Å². The fraction of sp³-hybridized carbons (Fsp3) is 0.750. The molecular formula is C28H37F3O6. The number of carbonyl (C=O) groups is 3. The molecule has 206 valence electrons. The molecule has 4 rings (SSSR count). The molecule has 6 nitrogen and oxygen atoms in total. The summed E-state index contributed by atoms with van der Waals surface area (Å²) in [5.74, 6) is -6.16. The molecule has 0 aliphatic heterocycles. The van der Waals surface area contributed by atoms with Crippen LogP contribution in [0.4, 0.5) is 13.2 Å². The lowest BCUT2D eigenvalue weighted by Crippen LogP contribution is -2.71. The number of hydrogen-bond acceptors (Lipinski definition) is 6. The topological polar surface area (TPSA) is 89.9 Å². The van der Waals surface area contributed by atoms with E-state index in [1.165, 1.54) is 14.0 Å². The van der Waals surface area contributed by atoms with Crippen molar-refractivity contribution in [1.29, 1.82) is 0 Å². The summed E-state index contributed by atoms with van der Waals surface area (Å²) in [6.45, 7) is 6.69. The van der Waals surface area contributed by atoms with E-state index in [4.69, 9.17) is 9.47 Å². The molecule has 0 bridgehead atoms. The average Bonchev–Trinajstić information content (AvgIpc) is 3.05. The van der Waals surface area contributed by atoms with Gasteiger partial charge in [0.15, 0.2) is 11.5 Å². The average molecular weight is 527 g/mol. The summed E-state index contributed by atoms with van der Waals surface area (Å²) in [5, 5.41) is 11.4. The molecule has 0 aromatic rings. The Morgan fingerprint density at radius 2 is 1.86 bits per heavy atom. The fourth-order valence-corrected chi connectivity index (χ4v) is 8.21. The van der Waals surface area contributed by atoms with Crippen molar-refractivity contribution in [3.05, 3.63) is 23.6 Å². The summed E-state index contributed by atoms with van der Waals surface area (Å²) in [5.41, 5.74) is -8.06. The van der Waals surface area contributed by atoms with Crippen LogP contribution in [0.1, 0.15) is 72.6 Å². The number of methoxy groups -OCH3 is 1. The van der Waals surface area contributed by atoms with Gasteiger partial charge in [0.1, 0.15) is 6.17 Å². The summed E-state index contributed by atoms with van der Waals surface area (Å²) in [4.78, 5) is 38.3. The van der Waals surface area contributed by atoms with Gasteiger partial charge in [-0.1, -0.05) is 39.7 Å². The summed E-state index contributed by atoms with van der Waals surface area (Å²) < 4.78 is 58.9. The lowest BCUT2D eigenvalue weighted by molar-refractivity contribution is -0.238. The lowest BCUT2D eigenvalue weighted by Gasteiger charge is -2.62. The molecule has 4 aliphatic rings. The number of ether oxygens (including phenoxy) is 2. The summed E-state index contributed by atoms with van der Waals surface area (Å²) in [6.07, 6.45) is 0.150. The van der Waals surface area contributed by atoms with Crippen molar-refractivity contribution in [1.82, 2.24) is 0 Å². The highest BCUT2D eigenvalue weighted by Gasteiger charge is 2.79. The first kappa shape index (κ1) is 27.9. The van der Waals surface area contributed by atoms with Crippen LogP contribution in [0.5, 0.6) is 0 Å². The van der Waals surface area contributed by atoms with Gasteiger partial charge >= 0.3 is 11.9 Å². The van der Waals surface area contributed by atoms with Crippen LogP contribution in [0.2, 0.25) is 0 Å². The third-order valence-electron chi connectivity index (χ3n) is 9.99. The van der Waals surface area contributed by atoms with Crippen molar-refractivity contribution < 1.29 is 42.1 Å². The second kappa shape index (κ2) is 9.24. The van der Waals surface area contributed by atoms with Crippen LogP contribution in [0.3, 0.4) is 0 Å². The second-order valence-electron chi connectivity index (χ2n) is 11.7. The van der Waals surface area contributed by atoms with Crippen LogP contribution in [-0.2, 0) is 23.9 Å². The number of alkyl halides is 2.